The number of halogens is 2. The van der Waals surface area contributed by atoms with Gasteiger partial charge in [-0.15, -0.1) is 24.8 Å². The van der Waals surface area contributed by atoms with E-state index < -0.39 is 0 Å². The van der Waals surface area contributed by atoms with Gasteiger partial charge in [-0.05, 0) is 70.4 Å². The highest BCUT2D eigenvalue weighted by Gasteiger charge is 2.19. The third-order valence-electron chi connectivity index (χ3n) is 5.99. The molecule has 172 valence electrons. The molecule has 7 nitrogen and oxygen atoms in total. The second-order valence-electron chi connectivity index (χ2n) is 8.30. The summed E-state index contributed by atoms with van der Waals surface area (Å²) in [5, 5.41) is 6.34. The topological polar surface area (TPSA) is 69.6 Å². The van der Waals surface area contributed by atoms with Gasteiger partial charge in [0.2, 0.25) is 0 Å². The zero-order chi connectivity index (χ0) is 19.9. The molecule has 2 saturated heterocycles. The first-order chi connectivity index (χ1) is 13.5. The first kappa shape index (κ1) is 26.9. The molecule has 1 aromatic heterocycles. The van der Waals surface area contributed by atoms with Crippen molar-refractivity contribution in [2.45, 2.75) is 32.7 Å². The molecule has 0 spiro atoms. The molecule has 0 aromatic carbocycles. The maximum absolute atomic E-state index is 12.9. The number of aryl methyl sites for hydroxylation is 1. The first-order valence-electron chi connectivity index (χ1n) is 10.6. The van der Waals surface area contributed by atoms with Crippen LogP contribution >= 0.6 is 24.8 Å². The smallest absolute Gasteiger partial charge is 0.263 e. The number of hydrogen-bond acceptors (Lipinski definition) is 5. The molecule has 2 N–H and O–H groups in total. The predicted molar refractivity (Wildman–Crippen MR) is 126 cm³/mol. The highest BCUT2D eigenvalue weighted by Crippen LogP contribution is 2.12. The van der Waals surface area contributed by atoms with Crippen molar-refractivity contribution in [2.24, 2.45) is 5.92 Å². The highest BCUT2D eigenvalue weighted by atomic mass is 35.5. The van der Waals surface area contributed by atoms with Gasteiger partial charge in [-0.1, -0.05) is 0 Å². The van der Waals surface area contributed by atoms with Crippen molar-refractivity contribution in [3.63, 3.8) is 0 Å². The molecule has 3 rings (SSSR count). The molecular weight excluding hydrogens is 425 g/mol. The lowest BCUT2D eigenvalue weighted by Crippen LogP contribution is -2.45. The van der Waals surface area contributed by atoms with Crippen LogP contribution in [0.5, 0.6) is 0 Å². The second-order valence-corrected chi connectivity index (χ2v) is 8.30. The maximum Gasteiger partial charge on any atom is 0.263 e. The number of piperidine rings is 1. The molecule has 0 bridgehead atoms. The molecule has 0 aliphatic carbocycles. The van der Waals surface area contributed by atoms with Crippen LogP contribution in [0.4, 0.5) is 0 Å². The van der Waals surface area contributed by atoms with E-state index >= 15 is 0 Å². The normalized spacial score (nSPS) is 20.1. The minimum Gasteiger partial charge on any atom is -0.352 e. The van der Waals surface area contributed by atoms with Crippen molar-refractivity contribution in [3.8, 4) is 0 Å². The van der Waals surface area contributed by atoms with E-state index in [9.17, 15) is 9.59 Å². The van der Waals surface area contributed by atoms with Gasteiger partial charge < -0.3 is 25.0 Å². The van der Waals surface area contributed by atoms with Crippen LogP contribution in [0.15, 0.2) is 17.1 Å². The number of aromatic nitrogens is 1. The molecule has 30 heavy (non-hydrogen) atoms. The van der Waals surface area contributed by atoms with Gasteiger partial charge in [0.05, 0.1) is 0 Å². The third-order valence-corrected chi connectivity index (χ3v) is 5.99. The monoisotopic (exact) mass is 461 g/mol. The highest BCUT2D eigenvalue weighted by molar-refractivity contribution is 5.95. The van der Waals surface area contributed by atoms with Crippen LogP contribution in [0.1, 0.15) is 35.2 Å². The summed E-state index contributed by atoms with van der Waals surface area (Å²) >= 11 is 0. The number of nitrogens with one attached hydrogen (secondary N) is 2. The van der Waals surface area contributed by atoms with Gasteiger partial charge in [0.25, 0.3) is 11.5 Å². The minimum absolute atomic E-state index is 0. The molecule has 9 heteroatoms. The SMILES string of the molecule is Cc1ccn(CC2CCCNC2)c(=O)c1C(=O)NCCCN1CCN(C)CC1.Cl.Cl. The lowest BCUT2D eigenvalue weighted by Gasteiger charge is -2.32. The van der Waals surface area contributed by atoms with Crippen molar-refractivity contribution in [1.82, 2.24) is 25.0 Å². The fourth-order valence-electron chi connectivity index (χ4n) is 4.11. The van der Waals surface area contributed by atoms with Gasteiger partial charge in [0, 0.05) is 45.5 Å². The lowest BCUT2D eigenvalue weighted by atomic mass is 9.99. The van der Waals surface area contributed by atoms with E-state index in [0.717, 1.165) is 70.6 Å². The number of pyridine rings is 1. The Morgan fingerprint density at radius 2 is 1.97 bits per heavy atom. The Bertz CT molecular complexity index is 714. The van der Waals surface area contributed by atoms with Crippen LogP contribution in [0.25, 0.3) is 0 Å². The number of amides is 1. The minimum atomic E-state index is -0.239. The van der Waals surface area contributed by atoms with Crippen LogP contribution in [0.2, 0.25) is 0 Å². The summed E-state index contributed by atoms with van der Waals surface area (Å²) in [6.07, 6.45) is 5.01. The Balaban J connectivity index is 0.00000225. The Kier molecular flexibility index (Phi) is 12.0. The van der Waals surface area contributed by atoms with E-state index in [0.29, 0.717) is 24.6 Å². The molecule has 1 aromatic rings. The Morgan fingerprint density at radius 1 is 1.23 bits per heavy atom. The van der Waals surface area contributed by atoms with Crippen molar-refractivity contribution in [2.75, 3.05) is 59.4 Å². The number of piperazine rings is 1. The Morgan fingerprint density at radius 3 is 2.63 bits per heavy atom. The average molecular weight is 462 g/mol. The molecule has 1 atom stereocenters. The fraction of sp³-hybridized carbons (Fsp3) is 0.714. The van der Waals surface area contributed by atoms with Crippen molar-refractivity contribution >= 4 is 30.7 Å². The summed E-state index contributed by atoms with van der Waals surface area (Å²) in [6, 6.07) is 1.89. The van der Waals surface area contributed by atoms with Crippen LogP contribution in [-0.2, 0) is 6.54 Å². The summed E-state index contributed by atoms with van der Waals surface area (Å²) < 4.78 is 1.71. The van der Waals surface area contributed by atoms with Crippen LogP contribution in [-0.4, -0.2) is 79.7 Å². The van der Waals surface area contributed by atoms with Crippen LogP contribution < -0.4 is 16.2 Å². The molecule has 1 unspecified atom stereocenters. The van der Waals surface area contributed by atoms with E-state index in [4.69, 9.17) is 0 Å². The summed E-state index contributed by atoms with van der Waals surface area (Å²) in [5.74, 6) is 0.214. The fourth-order valence-corrected chi connectivity index (χ4v) is 4.11. The molecule has 0 saturated carbocycles. The van der Waals surface area contributed by atoms with Crippen LogP contribution in [0, 0.1) is 12.8 Å². The molecular formula is C21H37Cl2N5O2. The molecule has 2 aliphatic heterocycles. The Labute approximate surface area is 192 Å². The van der Waals surface area contributed by atoms with E-state index in [1.54, 1.807) is 4.57 Å². The second kappa shape index (κ2) is 13.3. The lowest BCUT2D eigenvalue weighted by molar-refractivity contribution is 0.0946. The molecule has 1 amide bonds. The number of likely N-dealkylation sites (N-methyl/N-ethyl adjacent to an activating group) is 1. The number of nitrogens with zero attached hydrogens (tertiary/aromatic N) is 3. The summed E-state index contributed by atoms with van der Waals surface area (Å²) in [6.45, 7) is 10.5. The first-order valence-corrected chi connectivity index (χ1v) is 10.6. The third kappa shape index (κ3) is 7.54. The van der Waals surface area contributed by atoms with Gasteiger partial charge >= 0.3 is 0 Å². The summed E-state index contributed by atoms with van der Waals surface area (Å²) in [4.78, 5) is 30.3. The van der Waals surface area contributed by atoms with Gasteiger partial charge in [-0.25, -0.2) is 0 Å². The van der Waals surface area contributed by atoms with E-state index in [1.807, 2.05) is 19.2 Å². The van der Waals surface area contributed by atoms with Crippen LogP contribution in [0.3, 0.4) is 0 Å². The summed E-state index contributed by atoms with van der Waals surface area (Å²) in [7, 11) is 2.15. The van der Waals surface area contributed by atoms with Crippen molar-refractivity contribution in [1.29, 1.82) is 0 Å². The van der Waals surface area contributed by atoms with Crippen molar-refractivity contribution < 1.29 is 4.79 Å². The van der Waals surface area contributed by atoms with Gasteiger partial charge in [0.15, 0.2) is 0 Å². The number of carbonyl (C=O) groups excluding carboxylic acids is 1. The van der Waals surface area contributed by atoms with E-state index in [-0.39, 0.29) is 36.3 Å². The molecule has 3 heterocycles. The molecule has 2 aliphatic rings. The quantitative estimate of drug-likeness (QED) is 0.600. The largest absolute Gasteiger partial charge is 0.352 e. The number of hydrogen-bond donors (Lipinski definition) is 2. The Hall–Kier alpha value is -1.12. The molecule has 2 fully saturated rings. The van der Waals surface area contributed by atoms with E-state index in [2.05, 4.69) is 27.5 Å². The maximum atomic E-state index is 12.9. The van der Waals surface area contributed by atoms with Crippen molar-refractivity contribution in [3.05, 3.63) is 33.7 Å². The number of carbonyl (C=O) groups is 1. The van der Waals surface area contributed by atoms with E-state index in [1.165, 1.54) is 0 Å². The number of rotatable bonds is 7. The standard InChI is InChI=1S/C21H35N5O2.2ClH/c1-17-6-10-26(16-18-5-3-7-22-15-18)21(28)19(17)20(27)23-8-4-9-25-13-11-24(2)12-14-25;;/h6,10,18,22H,3-5,7-9,11-16H2,1-2H3,(H,23,27);2*1H. The summed E-state index contributed by atoms with van der Waals surface area (Å²) in [5.41, 5.74) is 0.882. The molecule has 0 radical (unpaired) electrons. The zero-order valence-corrected chi connectivity index (χ0v) is 19.8. The predicted octanol–water partition coefficient (Wildman–Crippen LogP) is 1.37. The average Bonchev–Trinajstić information content (AvgIpc) is 2.70. The van der Waals surface area contributed by atoms with Gasteiger partial charge in [-0.2, -0.15) is 0 Å². The zero-order valence-electron chi connectivity index (χ0n) is 18.2. The van der Waals surface area contributed by atoms with Gasteiger partial charge in [-0.3, -0.25) is 9.59 Å². The van der Waals surface area contributed by atoms with Gasteiger partial charge in [0.1, 0.15) is 5.56 Å².